The highest BCUT2D eigenvalue weighted by molar-refractivity contribution is 5.79. The summed E-state index contributed by atoms with van der Waals surface area (Å²) in [6, 6.07) is 2.11. The summed E-state index contributed by atoms with van der Waals surface area (Å²) >= 11 is 0. The summed E-state index contributed by atoms with van der Waals surface area (Å²) in [5.41, 5.74) is 5.30. The molecule has 22 heavy (non-hydrogen) atoms. The Kier molecular flexibility index (Phi) is 4.69. The topological polar surface area (TPSA) is 103 Å². The highest BCUT2D eigenvalue weighted by atomic mass is 16.5. The number of hydrogen-bond acceptors (Lipinski definition) is 7. The molecule has 1 aromatic heterocycles. The molecule has 3 rings (SSSR count). The number of primary amides is 1. The van der Waals surface area contributed by atoms with E-state index in [1.54, 1.807) is 6.20 Å². The van der Waals surface area contributed by atoms with Gasteiger partial charge in [-0.25, -0.2) is 4.98 Å². The lowest BCUT2D eigenvalue weighted by Gasteiger charge is -2.31. The van der Waals surface area contributed by atoms with E-state index in [1.807, 2.05) is 11.0 Å². The molecule has 0 spiro atoms. The summed E-state index contributed by atoms with van der Waals surface area (Å²) in [4.78, 5) is 22.0. The molecule has 0 radical (unpaired) electrons. The summed E-state index contributed by atoms with van der Waals surface area (Å²) in [5, 5.41) is 3.37. The molecule has 3 heterocycles. The van der Waals surface area contributed by atoms with E-state index in [9.17, 15) is 4.79 Å². The highest BCUT2D eigenvalue weighted by Gasteiger charge is 2.26. The van der Waals surface area contributed by atoms with Gasteiger partial charge in [-0.05, 0) is 18.9 Å². The lowest BCUT2D eigenvalue weighted by molar-refractivity contribution is -0.130. The minimum atomic E-state index is -0.610. The van der Waals surface area contributed by atoms with Gasteiger partial charge in [0, 0.05) is 19.3 Å². The van der Waals surface area contributed by atoms with E-state index >= 15 is 0 Å². The molecule has 0 unspecified atom stereocenters. The van der Waals surface area contributed by atoms with Crippen LogP contribution >= 0.6 is 0 Å². The minimum Gasteiger partial charge on any atom is -0.379 e. The van der Waals surface area contributed by atoms with E-state index in [1.165, 1.54) is 0 Å². The maximum absolute atomic E-state index is 11.3. The summed E-state index contributed by atoms with van der Waals surface area (Å²) in [5.74, 6) is 0.886. The molecule has 2 saturated heterocycles. The number of carbonyl (C=O) groups excluding carboxylic acids is 1. The predicted octanol–water partition coefficient (Wildman–Crippen LogP) is -0.242. The molecule has 120 valence electrons. The first-order chi connectivity index (χ1) is 10.7. The fourth-order valence-electron chi connectivity index (χ4n) is 2.65. The van der Waals surface area contributed by atoms with E-state index in [0.717, 1.165) is 25.3 Å². The van der Waals surface area contributed by atoms with Crippen molar-refractivity contribution in [3.8, 4) is 0 Å². The van der Waals surface area contributed by atoms with E-state index in [2.05, 4.69) is 15.3 Å². The van der Waals surface area contributed by atoms with Crippen molar-refractivity contribution in [1.82, 2.24) is 9.97 Å². The Morgan fingerprint density at radius 1 is 1.45 bits per heavy atom. The standard InChI is InChI=1S/C14H21N5O3/c15-13(20)11-8-19(5-7-22-11)14-16-4-3-12(18-14)17-10-2-1-6-21-9-10/h3-4,10-11H,1-2,5-9H2,(H2,15,20)(H,16,17,18)/t10-,11+/m1/s1. The molecule has 0 bridgehead atoms. The average molecular weight is 307 g/mol. The lowest BCUT2D eigenvalue weighted by atomic mass is 10.1. The maximum atomic E-state index is 11.3. The zero-order chi connectivity index (χ0) is 15.4. The van der Waals surface area contributed by atoms with Crippen LogP contribution in [-0.4, -0.2) is 60.9 Å². The normalized spacial score (nSPS) is 25.7. The lowest BCUT2D eigenvalue weighted by Crippen LogP contribution is -2.49. The van der Waals surface area contributed by atoms with Gasteiger partial charge in [0.25, 0.3) is 0 Å². The van der Waals surface area contributed by atoms with Crippen LogP contribution in [0.4, 0.5) is 11.8 Å². The molecular formula is C14H21N5O3. The van der Waals surface area contributed by atoms with Crippen molar-refractivity contribution >= 4 is 17.7 Å². The van der Waals surface area contributed by atoms with Crippen molar-refractivity contribution in [3.63, 3.8) is 0 Å². The first kappa shape index (κ1) is 15.0. The number of amides is 1. The Morgan fingerprint density at radius 3 is 3.14 bits per heavy atom. The predicted molar refractivity (Wildman–Crippen MR) is 80.6 cm³/mol. The Hall–Kier alpha value is -1.93. The third-order valence-corrected chi connectivity index (χ3v) is 3.82. The molecule has 2 aliphatic rings. The molecule has 2 aliphatic heterocycles. The number of anilines is 2. The van der Waals surface area contributed by atoms with Crippen molar-refractivity contribution in [1.29, 1.82) is 0 Å². The second-order valence-corrected chi connectivity index (χ2v) is 5.51. The van der Waals surface area contributed by atoms with Crippen LogP contribution in [0.25, 0.3) is 0 Å². The summed E-state index contributed by atoms with van der Waals surface area (Å²) in [6.45, 7) is 2.98. The van der Waals surface area contributed by atoms with Crippen LogP contribution in [0.2, 0.25) is 0 Å². The van der Waals surface area contributed by atoms with Crippen molar-refractivity contribution in [2.24, 2.45) is 5.73 Å². The molecule has 2 fully saturated rings. The van der Waals surface area contributed by atoms with Gasteiger partial charge in [0.15, 0.2) is 6.10 Å². The zero-order valence-corrected chi connectivity index (χ0v) is 12.4. The molecule has 8 nitrogen and oxygen atoms in total. The third-order valence-electron chi connectivity index (χ3n) is 3.82. The van der Waals surface area contributed by atoms with Gasteiger partial charge in [-0.3, -0.25) is 4.79 Å². The Labute approximate surface area is 129 Å². The smallest absolute Gasteiger partial charge is 0.248 e. The number of rotatable bonds is 4. The average Bonchev–Trinajstić information content (AvgIpc) is 2.56. The Balaban J connectivity index is 1.66. The zero-order valence-electron chi connectivity index (χ0n) is 12.4. The fraction of sp³-hybridized carbons (Fsp3) is 0.643. The number of aromatic nitrogens is 2. The largest absolute Gasteiger partial charge is 0.379 e. The van der Waals surface area contributed by atoms with Gasteiger partial charge in [0.2, 0.25) is 11.9 Å². The summed E-state index contributed by atoms with van der Waals surface area (Å²) in [7, 11) is 0. The molecule has 8 heteroatoms. The highest BCUT2D eigenvalue weighted by Crippen LogP contribution is 2.17. The van der Waals surface area contributed by atoms with Crippen molar-refractivity contribution in [3.05, 3.63) is 12.3 Å². The van der Waals surface area contributed by atoms with Gasteiger partial charge in [-0.1, -0.05) is 0 Å². The van der Waals surface area contributed by atoms with E-state index < -0.39 is 12.0 Å². The number of nitrogens with zero attached hydrogens (tertiary/aromatic N) is 3. The van der Waals surface area contributed by atoms with Crippen LogP contribution in [0.3, 0.4) is 0 Å². The maximum Gasteiger partial charge on any atom is 0.248 e. The summed E-state index contributed by atoms with van der Waals surface area (Å²) in [6.07, 6.45) is 3.23. The number of nitrogens with two attached hydrogens (primary N) is 1. The van der Waals surface area contributed by atoms with E-state index in [4.69, 9.17) is 15.2 Å². The molecule has 0 aliphatic carbocycles. The quantitative estimate of drug-likeness (QED) is 0.791. The molecule has 1 amide bonds. The van der Waals surface area contributed by atoms with Crippen molar-refractivity contribution in [2.75, 3.05) is 43.1 Å². The van der Waals surface area contributed by atoms with Gasteiger partial charge in [0.05, 0.1) is 25.8 Å². The number of nitrogens with one attached hydrogen (secondary N) is 1. The summed E-state index contributed by atoms with van der Waals surface area (Å²) < 4.78 is 10.8. The molecule has 0 aromatic carbocycles. The molecule has 1 aromatic rings. The van der Waals surface area contributed by atoms with Gasteiger partial charge in [-0.2, -0.15) is 4.98 Å². The van der Waals surface area contributed by atoms with Crippen LogP contribution in [0.5, 0.6) is 0 Å². The number of ether oxygens (including phenoxy) is 2. The van der Waals surface area contributed by atoms with E-state index in [-0.39, 0.29) is 6.04 Å². The van der Waals surface area contributed by atoms with Gasteiger partial charge < -0.3 is 25.4 Å². The fourth-order valence-corrected chi connectivity index (χ4v) is 2.65. The van der Waals surface area contributed by atoms with Gasteiger partial charge in [-0.15, -0.1) is 0 Å². The van der Waals surface area contributed by atoms with Crippen LogP contribution in [0, 0.1) is 0 Å². The molecule has 3 N–H and O–H groups in total. The Morgan fingerprint density at radius 2 is 2.36 bits per heavy atom. The molecular weight excluding hydrogens is 286 g/mol. The van der Waals surface area contributed by atoms with Crippen LogP contribution in [0.15, 0.2) is 12.3 Å². The first-order valence-electron chi connectivity index (χ1n) is 7.55. The molecule has 0 saturated carbocycles. The minimum absolute atomic E-state index is 0.277. The van der Waals surface area contributed by atoms with Crippen LogP contribution < -0.4 is 16.0 Å². The SMILES string of the molecule is NC(=O)[C@@H]1CN(c2nccc(N[C@@H]3CCCOC3)n2)CCO1. The van der Waals surface area contributed by atoms with Crippen molar-refractivity contribution in [2.45, 2.75) is 25.0 Å². The molecule has 2 atom stereocenters. The number of morpholine rings is 1. The Bertz CT molecular complexity index is 521. The van der Waals surface area contributed by atoms with E-state index in [0.29, 0.717) is 32.3 Å². The monoisotopic (exact) mass is 307 g/mol. The number of carbonyl (C=O) groups is 1. The first-order valence-corrected chi connectivity index (χ1v) is 7.55. The van der Waals surface area contributed by atoms with Crippen LogP contribution in [-0.2, 0) is 14.3 Å². The third kappa shape index (κ3) is 3.63. The van der Waals surface area contributed by atoms with Gasteiger partial charge >= 0.3 is 0 Å². The second-order valence-electron chi connectivity index (χ2n) is 5.51. The number of hydrogen-bond donors (Lipinski definition) is 2. The second kappa shape index (κ2) is 6.89. The van der Waals surface area contributed by atoms with Crippen LogP contribution in [0.1, 0.15) is 12.8 Å². The van der Waals surface area contributed by atoms with Gasteiger partial charge in [0.1, 0.15) is 5.82 Å². The van der Waals surface area contributed by atoms with Crippen molar-refractivity contribution < 1.29 is 14.3 Å².